The van der Waals surface area contributed by atoms with Crippen molar-refractivity contribution in [3.63, 3.8) is 0 Å². The SMILES string of the molecule is O=C(CCNCc1ccco1)c1cccs1. The molecule has 16 heavy (non-hydrogen) atoms. The first kappa shape index (κ1) is 11.1. The lowest BCUT2D eigenvalue weighted by Gasteiger charge is -2.00. The maximum absolute atomic E-state index is 11.6. The number of thiophene rings is 1. The van der Waals surface area contributed by atoms with Crippen LogP contribution in [0, 0.1) is 0 Å². The third kappa shape index (κ3) is 3.05. The molecule has 2 heterocycles. The third-order valence-corrected chi connectivity index (χ3v) is 3.12. The van der Waals surface area contributed by atoms with Crippen molar-refractivity contribution in [2.75, 3.05) is 6.54 Å². The van der Waals surface area contributed by atoms with Crippen molar-refractivity contribution in [2.45, 2.75) is 13.0 Å². The first-order chi connectivity index (χ1) is 7.86. The lowest BCUT2D eigenvalue weighted by molar-refractivity contribution is 0.0986. The van der Waals surface area contributed by atoms with Gasteiger partial charge in [-0.3, -0.25) is 4.79 Å². The third-order valence-electron chi connectivity index (χ3n) is 2.20. The van der Waals surface area contributed by atoms with Crippen LogP contribution < -0.4 is 5.32 Å². The van der Waals surface area contributed by atoms with E-state index in [4.69, 9.17) is 4.42 Å². The van der Waals surface area contributed by atoms with E-state index in [0.717, 1.165) is 10.6 Å². The molecule has 0 aliphatic rings. The molecule has 3 nitrogen and oxygen atoms in total. The summed E-state index contributed by atoms with van der Waals surface area (Å²) >= 11 is 1.49. The van der Waals surface area contributed by atoms with Crippen LogP contribution in [0.2, 0.25) is 0 Å². The van der Waals surface area contributed by atoms with Crippen LogP contribution in [0.25, 0.3) is 0 Å². The van der Waals surface area contributed by atoms with Crippen molar-refractivity contribution in [1.29, 1.82) is 0 Å². The lowest BCUT2D eigenvalue weighted by atomic mass is 10.2. The summed E-state index contributed by atoms with van der Waals surface area (Å²) in [6.45, 7) is 1.35. The molecule has 0 bridgehead atoms. The Balaban J connectivity index is 1.67. The number of furan rings is 1. The highest BCUT2D eigenvalue weighted by Gasteiger charge is 2.05. The van der Waals surface area contributed by atoms with E-state index in [1.165, 1.54) is 11.3 Å². The second-order valence-electron chi connectivity index (χ2n) is 3.41. The molecule has 0 atom stereocenters. The Labute approximate surface area is 98.1 Å². The summed E-state index contributed by atoms with van der Waals surface area (Å²) in [4.78, 5) is 12.4. The van der Waals surface area contributed by atoms with Gasteiger partial charge in [-0.25, -0.2) is 0 Å². The van der Waals surface area contributed by atoms with E-state index in [0.29, 0.717) is 19.5 Å². The average molecular weight is 235 g/mol. The maximum atomic E-state index is 11.6. The zero-order valence-corrected chi connectivity index (χ0v) is 9.63. The second-order valence-corrected chi connectivity index (χ2v) is 4.35. The highest BCUT2D eigenvalue weighted by Crippen LogP contribution is 2.10. The van der Waals surface area contributed by atoms with Gasteiger partial charge in [0.2, 0.25) is 0 Å². The van der Waals surface area contributed by atoms with Gasteiger partial charge in [0.05, 0.1) is 17.7 Å². The minimum Gasteiger partial charge on any atom is -0.468 e. The van der Waals surface area contributed by atoms with Crippen LogP contribution in [0.1, 0.15) is 21.9 Å². The van der Waals surface area contributed by atoms with Gasteiger partial charge < -0.3 is 9.73 Å². The normalized spacial score (nSPS) is 10.5. The summed E-state index contributed by atoms with van der Waals surface area (Å²) in [5, 5.41) is 5.09. The van der Waals surface area contributed by atoms with Gasteiger partial charge in [-0.2, -0.15) is 0 Å². The molecule has 0 saturated carbocycles. The molecule has 2 rings (SSSR count). The van der Waals surface area contributed by atoms with Gasteiger partial charge in [0, 0.05) is 13.0 Å². The molecule has 2 aromatic rings. The van der Waals surface area contributed by atoms with E-state index in [-0.39, 0.29) is 5.78 Å². The molecule has 0 aliphatic heterocycles. The average Bonchev–Trinajstić information content (AvgIpc) is 2.96. The van der Waals surface area contributed by atoms with Crippen molar-refractivity contribution in [2.24, 2.45) is 0 Å². The smallest absolute Gasteiger partial charge is 0.174 e. The Bertz CT molecular complexity index is 420. The molecule has 0 saturated heterocycles. The number of carbonyl (C=O) groups is 1. The van der Waals surface area contributed by atoms with E-state index >= 15 is 0 Å². The van der Waals surface area contributed by atoms with Gasteiger partial charge in [0.15, 0.2) is 5.78 Å². The minimum atomic E-state index is 0.196. The lowest BCUT2D eigenvalue weighted by Crippen LogP contribution is -2.17. The van der Waals surface area contributed by atoms with Gasteiger partial charge in [0.25, 0.3) is 0 Å². The summed E-state index contributed by atoms with van der Waals surface area (Å²) in [7, 11) is 0. The molecule has 0 spiro atoms. The fourth-order valence-electron chi connectivity index (χ4n) is 1.39. The number of carbonyl (C=O) groups excluding carboxylic acids is 1. The zero-order valence-electron chi connectivity index (χ0n) is 8.81. The van der Waals surface area contributed by atoms with Crippen LogP contribution in [-0.2, 0) is 6.54 Å². The quantitative estimate of drug-likeness (QED) is 0.618. The molecular formula is C12H13NO2S. The number of hydrogen-bond acceptors (Lipinski definition) is 4. The summed E-state index contributed by atoms with van der Waals surface area (Å²) in [6, 6.07) is 7.52. The number of hydrogen-bond donors (Lipinski definition) is 1. The standard InChI is InChI=1S/C12H13NO2S/c14-11(12-4-2-8-16-12)5-6-13-9-10-3-1-7-15-10/h1-4,7-8,13H,5-6,9H2. The Morgan fingerprint density at radius 3 is 3.00 bits per heavy atom. The van der Waals surface area contributed by atoms with E-state index in [1.54, 1.807) is 6.26 Å². The molecule has 4 heteroatoms. The number of ketones is 1. The Morgan fingerprint density at radius 2 is 2.31 bits per heavy atom. The van der Waals surface area contributed by atoms with Crippen molar-refractivity contribution < 1.29 is 9.21 Å². The van der Waals surface area contributed by atoms with Crippen LogP contribution in [0.15, 0.2) is 40.3 Å². The van der Waals surface area contributed by atoms with Crippen molar-refractivity contribution in [1.82, 2.24) is 5.32 Å². The van der Waals surface area contributed by atoms with Crippen LogP contribution in [0.5, 0.6) is 0 Å². The molecule has 2 aromatic heterocycles. The van der Waals surface area contributed by atoms with E-state index in [9.17, 15) is 4.79 Å². The molecule has 0 fully saturated rings. The van der Waals surface area contributed by atoms with E-state index in [1.807, 2.05) is 29.6 Å². The fraction of sp³-hybridized carbons (Fsp3) is 0.250. The number of Topliss-reactive ketones (excluding diaryl/α,β-unsaturated/α-hetero) is 1. The molecule has 0 amide bonds. The van der Waals surface area contributed by atoms with E-state index < -0.39 is 0 Å². The maximum Gasteiger partial charge on any atom is 0.174 e. The van der Waals surface area contributed by atoms with Crippen LogP contribution in [-0.4, -0.2) is 12.3 Å². The monoisotopic (exact) mass is 235 g/mol. The predicted molar refractivity (Wildman–Crippen MR) is 63.7 cm³/mol. The zero-order chi connectivity index (χ0) is 11.2. The largest absolute Gasteiger partial charge is 0.468 e. The van der Waals surface area contributed by atoms with Crippen molar-refractivity contribution in [3.05, 3.63) is 46.5 Å². The van der Waals surface area contributed by atoms with Crippen LogP contribution in [0.4, 0.5) is 0 Å². The topological polar surface area (TPSA) is 42.2 Å². The molecule has 1 N–H and O–H groups in total. The first-order valence-electron chi connectivity index (χ1n) is 5.16. The highest BCUT2D eigenvalue weighted by molar-refractivity contribution is 7.12. The molecular weight excluding hydrogens is 222 g/mol. The second kappa shape index (κ2) is 5.63. The fourth-order valence-corrected chi connectivity index (χ4v) is 2.08. The van der Waals surface area contributed by atoms with Crippen LogP contribution in [0.3, 0.4) is 0 Å². The van der Waals surface area contributed by atoms with Crippen molar-refractivity contribution >= 4 is 17.1 Å². The molecule has 0 unspecified atom stereocenters. The molecule has 0 radical (unpaired) electrons. The van der Waals surface area contributed by atoms with Gasteiger partial charge in [0.1, 0.15) is 5.76 Å². The Morgan fingerprint density at radius 1 is 1.38 bits per heavy atom. The number of rotatable bonds is 6. The summed E-state index contributed by atoms with van der Waals surface area (Å²) in [5.41, 5.74) is 0. The Kier molecular flexibility index (Phi) is 3.91. The van der Waals surface area contributed by atoms with Crippen molar-refractivity contribution in [3.8, 4) is 0 Å². The predicted octanol–water partition coefficient (Wildman–Crippen LogP) is 2.70. The van der Waals surface area contributed by atoms with Crippen LogP contribution >= 0.6 is 11.3 Å². The van der Waals surface area contributed by atoms with Gasteiger partial charge in [-0.05, 0) is 23.6 Å². The summed E-state index contributed by atoms with van der Waals surface area (Å²) in [5.74, 6) is 1.09. The highest BCUT2D eigenvalue weighted by atomic mass is 32.1. The van der Waals surface area contributed by atoms with E-state index in [2.05, 4.69) is 5.32 Å². The molecule has 0 aromatic carbocycles. The van der Waals surface area contributed by atoms with Gasteiger partial charge >= 0.3 is 0 Å². The minimum absolute atomic E-state index is 0.196. The molecule has 84 valence electrons. The summed E-state index contributed by atoms with van der Waals surface area (Å²) in [6.07, 6.45) is 2.18. The van der Waals surface area contributed by atoms with Gasteiger partial charge in [-0.1, -0.05) is 6.07 Å². The molecule has 0 aliphatic carbocycles. The first-order valence-corrected chi connectivity index (χ1v) is 6.04. The van der Waals surface area contributed by atoms with Gasteiger partial charge in [-0.15, -0.1) is 11.3 Å². The Hall–Kier alpha value is -1.39. The number of nitrogens with one attached hydrogen (secondary N) is 1. The summed E-state index contributed by atoms with van der Waals surface area (Å²) < 4.78 is 5.17.